The minimum atomic E-state index is -2.40. The van der Waals surface area contributed by atoms with Crippen molar-refractivity contribution in [2.75, 3.05) is 12.4 Å². The number of carbonyl (C=O) groups is 1. The number of nitrogens with one attached hydrogen (secondary N) is 1. The van der Waals surface area contributed by atoms with Crippen molar-refractivity contribution in [3.8, 4) is 5.75 Å². The molecule has 27 heavy (non-hydrogen) atoms. The van der Waals surface area contributed by atoms with E-state index in [0.29, 0.717) is 5.75 Å². The second kappa shape index (κ2) is 13.2. The van der Waals surface area contributed by atoms with Crippen molar-refractivity contribution < 1.29 is 9.53 Å². The van der Waals surface area contributed by atoms with Crippen LogP contribution in [0.3, 0.4) is 0 Å². The third kappa shape index (κ3) is 8.28. The molecule has 0 radical (unpaired) electrons. The van der Waals surface area contributed by atoms with Crippen LogP contribution >= 0.6 is 0 Å². The molecule has 0 aliphatic rings. The average Bonchev–Trinajstić information content (AvgIpc) is 2.69. The molecule has 0 atom stereocenters. The standard InChI is InChI=1S/C11H12NO2.3C4H9.Sn/c1-8(2)11(13)12-9-6-4-5-7-10(9)14-3;3*1-3-4-2;/h4-7H,1-2H2,3H3,(H,12,13);3*1,3-4H2,2H3;. The zero-order valence-corrected chi connectivity index (χ0v) is 20.8. The Bertz CT molecular complexity index is 564. The Morgan fingerprint density at radius 3 is 2.00 bits per heavy atom. The minimum absolute atomic E-state index is 0.0370. The Kier molecular flexibility index (Phi) is 11.8. The van der Waals surface area contributed by atoms with E-state index < -0.39 is 18.4 Å². The molecule has 1 amide bonds. The van der Waals surface area contributed by atoms with Gasteiger partial charge in [-0.15, -0.1) is 0 Å². The zero-order valence-electron chi connectivity index (χ0n) is 17.9. The van der Waals surface area contributed by atoms with Gasteiger partial charge in [0.15, 0.2) is 0 Å². The number of carbonyl (C=O) groups excluding carboxylic acids is 1. The molecule has 0 bridgehead atoms. The summed E-state index contributed by atoms with van der Waals surface area (Å²) >= 11 is -2.40. The third-order valence-electron chi connectivity index (χ3n) is 5.45. The van der Waals surface area contributed by atoms with Crippen LogP contribution in [0.2, 0.25) is 17.7 Å². The molecular weight excluding hydrogens is 441 g/mol. The number of ether oxygens (including phenoxy) is 1. The summed E-state index contributed by atoms with van der Waals surface area (Å²) in [5, 5.41) is 3.02. The van der Waals surface area contributed by atoms with E-state index >= 15 is 0 Å². The summed E-state index contributed by atoms with van der Waals surface area (Å²) in [4.78, 5) is 12.8. The maximum absolute atomic E-state index is 12.8. The SMILES string of the molecule is C=C([CH2][Sn]([CH2]CCC)([CH2]CCC)[CH2]CCC)C(=O)Nc1ccccc1OC. The van der Waals surface area contributed by atoms with Gasteiger partial charge in [-0.05, 0) is 0 Å². The predicted octanol–water partition coefficient (Wildman–Crippen LogP) is 7.04. The van der Waals surface area contributed by atoms with Gasteiger partial charge in [0.05, 0.1) is 0 Å². The first-order chi connectivity index (χ1) is 13.0. The fourth-order valence-electron chi connectivity index (χ4n) is 3.79. The number of methoxy groups -OCH3 is 1. The monoisotopic (exact) mass is 481 g/mol. The van der Waals surface area contributed by atoms with Gasteiger partial charge in [-0.1, -0.05) is 0 Å². The first-order valence-corrected chi connectivity index (χ1v) is 18.7. The van der Waals surface area contributed by atoms with E-state index in [4.69, 9.17) is 4.74 Å². The van der Waals surface area contributed by atoms with Gasteiger partial charge in [0.1, 0.15) is 0 Å². The number of para-hydroxylation sites is 2. The molecule has 152 valence electrons. The first-order valence-electron chi connectivity index (χ1n) is 10.6. The summed E-state index contributed by atoms with van der Waals surface area (Å²) in [6.07, 6.45) is 7.67. The van der Waals surface area contributed by atoms with Gasteiger partial charge >= 0.3 is 171 Å². The summed E-state index contributed by atoms with van der Waals surface area (Å²) in [6.45, 7) is 11.0. The molecular formula is C23H39NO2Sn. The number of hydrogen-bond donors (Lipinski definition) is 1. The number of unbranched alkanes of at least 4 members (excludes halogenated alkanes) is 3. The van der Waals surface area contributed by atoms with E-state index in [0.717, 1.165) is 15.7 Å². The second-order valence-electron chi connectivity index (χ2n) is 7.75. The molecule has 0 saturated heterocycles. The normalized spacial score (nSPS) is 11.3. The summed E-state index contributed by atoms with van der Waals surface area (Å²) in [5.74, 6) is 0.654. The van der Waals surface area contributed by atoms with Crippen molar-refractivity contribution in [2.45, 2.75) is 77.0 Å². The van der Waals surface area contributed by atoms with Crippen molar-refractivity contribution in [1.82, 2.24) is 0 Å². The van der Waals surface area contributed by atoms with Gasteiger partial charge in [-0.3, -0.25) is 0 Å². The van der Waals surface area contributed by atoms with E-state index in [1.165, 1.54) is 51.8 Å². The Hall–Kier alpha value is -0.971. The molecule has 0 saturated carbocycles. The number of amides is 1. The van der Waals surface area contributed by atoms with Crippen LogP contribution in [0, 0.1) is 0 Å². The van der Waals surface area contributed by atoms with Crippen LogP contribution in [0.5, 0.6) is 5.75 Å². The Morgan fingerprint density at radius 2 is 1.52 bits per heavy atom. The van der Waals surface area contributed by atoms with Crippen LogP contribution in [0.15, 0.2) is 36.4 Å². The van der Waals surface area contributed by atoms with Gasteiger partial charge in [0, 0.05) is 0 Å². The fraction of sp³-hybridized carbons (Fsp3) is 0.609. The van der Waals surface area contributed by atoms with E-state index in [2.05, 4.69) is 32.7 Å². The van der Waals surface area contributed by atoms with Crippen molar-refractivity contribution >= 4 is 30.0 Å². The Labute approximate surface area is 170 Å². The Balaban J connectivity index is 2.89. The molecule has 1 aromatic rings. The van der Waals surface area contributed by atoms with Gasteiger partial charge in [0.25, 0.3) is 0 Å². The van der Waals surface area contributed by atoms with E-state index in [9.17, 15) is 4.79 Å². The van der Waals surface area contributed by atoms with Gasteiger partial charge in [-0.25, -0.2) is 0 Å². The summed E-state index contributed by atoms with van der Waals surface area (Å²) in [6, 6.07) is 7.57. The van der Waals surface area contributed by atoms with Crippen LogP contribution in [-0.4, -0.2) is 31.4 Å². The van der Waals surface area contributed by atoms with Crippen LogP contribution in [-0.2, 0) is 4.79 Å². The van der Waals surface area contributed by atoms with Gasteiger partial charge < -0.3 is 0 Å². The molecule has 0 aromatic heterocycles. The van der Waals surface area contributed by atoms with Crippen molar-refractivity contribution in [3.05, 3.63) is 36.4 Å². The molecule has 1 N–H and O–H groups in total. The molecule has 1 rings (SSSR count). The van der Waals surface area contributed by atoms with Crippen LogP contribution in [0.25, 0.3) is 0 Å². The van der Waals surface area contributed by atoms with E-state index in [1.54, 1.807) is 7.11 Å². The summed E-state index contributed by atoms with van der Waals surface area (Å²) in [5.41, 5.74) is 1.50. The van der Waals surface area contributed by atoms with Crippen molar-refractivity contribution in [2.24, 2.45) is 0 Å². The zero-order chi connectivity index (χ0) is 20.1. The summed E-state index contributed by atoms with van der Waals surface area (Å²) < 4.78 is 10.5. The Morgan fingerprint density at radius 1 is 1.00 bits per heavy atom. The van der Waals surface area contributed by atoms with Crippen molar-refractivity contribution in [1.29, 1.82) is 0 Å². The van der Waals surface area contributed by atoms with Crippen LogP contribution < -0.4 is 10.1 Å². The van der Waals surface area contributed by atoms with Gasteiger partial charge in [-0.2, -0.15) is 0 Å². The van der Waals surface area contributed by atoms with Crippen LogP contribution in [0.1, 0.15) is 59.3 Å². The maximum atomic E-state index is 12.8. The van der Waals surface area contributed by atoms with Crippen molar-refractivity contribution in [3.63, 3.8) is 0 Å². The number of anilines is 1. The second-order valence-corrected chi connectivity index (χ2v) is 21.6. The van der Waals surface area contributed by atoms with Crippen LogP contribution in [0.4, 0.5) is 5.69 Å². The third-order valence-corrected chi connectivity index (χ3v) is 20.9. The average molecular weight is 480 g/mol. The molecule has 0 spiro atoms. The molecule has 0 fully saturated rings. The predicted molar refractivity (Wildman–Crippen MR) is 120 cm³/mol. The first kappa shape index (κ1) is 24.1. The molecule has 0 unspecified atom stereocenters. The molecule has 0 heterocycles. The molecule has 3 nitrogen and oxygen atoms in total. The number of benzene rings is 1. The topological polar surface area (TPSA) is 38.3 Å². The molecule has 1 aromatic carbocycles. The van der Waals surface area contributed by atoms with Gasteiger partial charge in [0.2, 0.25) is 0 Å². The number of rotatable bonds is 14. The summed E-state index contributed by atoms with van der Waals surface area (Å²) in [7, 11) is 1.63. The quantitative estimate of drug-likeness (QED) is 0.229. The molecule has 4 heteroatoms. The molecule has 0 aliphatic carbocycles. The van der Waals surface area contributed by atoms with E-state index in [-0.39, 0.29) is 5.91 Å². The van der Waals surface area contributed by atoms with E-state index in [1.807, 2.05) is 24.3 Å². The fourth-order valence-corrected chi connectivity index (χ4v) is 19.9. The molecule has 0 aliphatic heterocycles. The number of hydrogen-bond acceptors (Lipinski definition) is 2.